The van der Waals surface area contributed by atoms with Crippen LogP contribution in [0, 0.1) is 0 Å². The van der Waals surface area contributed by atoms with Crippen LogP contribution in [0.3, 0.4) is 0 Å². The number of hydrogen-bond acceptors (Lipinski definition) is 3. The van der Waals surface area contributed by atoms with Gasteiger partial charge in [0.1, 0.15) is 5.82 Å². The third kappa shape index (κ3) is 4.42. The lowest BCUT2D eigenvalue weighted by molar-refractivity contribution is 0.562. The van der Waals surface area contributed by atoms with Crippen LogP contribution in [-0.4, -0.2) is 18.0 Å². The molecule has 1 heterocycles. The number of unbranched alkanes of at least 4 members (excludes halogenated alkanes) is 3. The molecule has 1 aromatic heterocycles. The summed E-state index contributed by atoms with van der Waals surface area (Å²) < 4.78 is 24.5. The van der Waals surface area contributed by atoms with Gasteiger partial charge in [0.2, 0.25) is 0 Å². The van der Waals surface area contributed by atoms with E-state index >= 15 is 0 Å². The Kier molecular flexibility index (Phi) is 5.81. The van der Waals surface area contributed by atoms with Gasteiger partial charge in [0.15, 0.2) is 5.03 Å². The summed E-state index contributed by atoms with van der Waals surface area (Å²) in [6.45, 7) is 5.03. The molecule has 2 N–H and O–H groups in total. The van der Waals surface area contributed by atoms with Crippen molar-refractivity contribution in [2.45, 2.75) is 63.9 Å². The molecule has 0 aliphatic rings. The van der Waals surface area contributed by atoms with Crippen molar-refractivity contribution in [3.63, 3.8) is 0 Å². The van der Waals surface area contributed by atoms with Gasteiger partial charge in [-0.25, -0.2) is 18.5 Å². The maximum Gasteiger partial charge on any atom is 0.257 e. The highest BCUT2D eigenvalue weighted by atomic mass is 32.2. The fourth-order valence-electron chi connectivity index (χ4n) is 1.89. The Morgan fingerprint density at radius 1 is 1.22 bits per heavy atom. The van der Waals surface area contributed by atoms with Crippen LogP contribution in [-0.2, 0) is 23.0 Å². The lowest BCUT2D eigenvalue weighted by Gasteiger charge is -2.06. The first-order valence-electron chi connectivity index (χ1n) is 6.57. The molecule has 6 heteroatoms. The third-order valence-corrected chi connectivity index (χ3v) is 3.63. The Morgan fingerprint density at radius 3 is 2.50 bits per heavy atom. The summed E-state index contributed by atoms with van der Waals surface area (Å²) in [6, 6.07) is 0. The predicted molar refractivity (Wildman–Crippen MR) is 71.7 cm³/mol. The number of nitrogens with zero attached hydrogens (tertiary/aromatic N) is 2. The van der Waals surface area contributed by atoms with Crippen molar-refractivity contribution >= 4 is 10.0 Å². The second-order valence-corrected chi connectivity index (χ2v) is 6.05. The van der Waals surface area contributed by atoms with Crippen LogP contribution in [0.1, 0.15) is 51.8 Å². The molecule has 0 saturated heterocycles. The Balaban J connectivity index is 2.78. The second kappa shape index (κ2) is 6.89. The SMILES string of the molecule is CCCCCCn1cc(S(N)(=O)=O)nc1CCC. The fourth-order valence-corrected chi connectivity index (χ4v) is 2.40. The van der Waals surface area contributed by atoms with Crippen LogP contribution < -0.4 is 5.14 Å². The number of rotatable bonds is 8. The molecule has 0 spiro atoms. The second-order valence-electron chi connectivity index (χ2n) is 4.54. The van der Waals surface area contributed by atoms with Crippen LogP contribution in [0.4, 0.5) is 0 Å². The maximum atomic E-state index is 11.3. The van der Waals surface area contributed by atoms with E-state index in [1.54, 1.807) is 6.20 Å². The topological polar surface area (TPSA) is 78.0 Å². The summed E-state index contributed by atoms with van der Waals surface area (Å²) in [5.74, 6) is 0.818. The van der Waals surface area contributed by atoms with Crippen molar-refractivity contribution in [1.29, 1.82) is 0 Å². The summed E-state index contributed by atoms with van der Waals surface area (Å²) in [5, 5.41) is 5.10. The van der Waals surface area contributed by atoms with Crippen LogP contribution in [0.2, 0.25) is 0 Å². The quantitative estimate of drug-likeness (QED) is 0.736. The van der Waals surface area contributed by atoms with Crippen LogP contribution >= 0.6 is 0 Å². The van der Waals surface area contributed by atoms with Crippen molar-refractivity contribution in [1.82, 2.24) is 9.55 Å². The van der Waals surface area contributed by atoms with Gasteiger partial charge >= 0.3 is 0 Å². The fraction of sp³-hybridized carbons (Fsp3) is 0.750. The Labute approximate surface area is 109 Å². The number of hydrogen-bond donors (Lipinski definition) is 1. The molecule has 0 atom stereocenters. The average Bonchev–Trinajstić information content (AvgIpc) is 2.68. The lowest BCUT2D eigenvalue weighted by Crippen LogP contribution is -2.12. The zero-order valence-corrected chi connectivity index (χ0v) is 12.0. The smallest absolute Gasteiger partial charge is 0.257 e. The minimum Gasteiger partial charge on any atom is -0.333 e. The average molecular weight is 273 g/mol. The summed E-state index contributed by atoms with van der Waals surface area (Å²) in [6.07, 6.45) is 7.88. The first-order valence-corrected chi connectivity index (χ1v) is 8.12. The van der Waals surface area contributed by atoms with Gasteiger partial charge < -0.3 is 4.57 Å². The monoisotopic (exact) mass is 273 g/mol. The van der Waals surface area contributed by atoms with Crippen molar-refractivity contribution in [2.75, 3.05) is 0 Å². The van der Waals surface area contributed by atoms with E-state index in [2.05, 4.69) is 11.9 Å². The normalized spacial score (nSPS) is 11.9. The van der Waals surface area contributed by atoms with E-state index in [1.165, 1.54) is 12.8 Å². The molecular weight excluding hydrogens is 250 g/mol. The van der Waals surface area contributed by atoms with Crippen molar-refractivity contribution < 1.29 is 8.42 Å². The van der Waals surface area contributed by atoms with E-state index in [0.29, 0.717) is 0 Å². The summed E-state index contributed by atoms with van der Waals surface area (Å²) in [5.41, 5.74) is 0. The summed E-state index contributed by atoms with van der Waals surface area (Å²) in [4.78, 5) is 4.12. The highest BCUT2D eigenvalue weighted by Gasteiger charge is 2.15. The molecule has 1 aromatic rings. The maximum absolute atomic E-state index is 11.3. The molecule has 0 amide bonds. The molecule has 0 aliphatic carbocycles. The number of sulfonamides is 1. The van der Waals surface area contributed by atoms with E-state index in [4.69, 9.17) is 5.14 Å². The van der Waals surface area contributed by atoms with Gasteiger partial charge in [0.05, 0.1) is 0 Å². The van der Waals surface area contributed by atoms with E-state index in [-0.39, 0.29) is 5.03 Å². The van der Waals surface area contributed by atoms with Gasteiger partial charge in [-0.15, -0.1) is 0 Å². The van der Waals surface area contributed by atoms with Gasteiger partial charge in [0.25, 0.3) is 10.0 Å². The molecule has 0 aromatic carbocycles. The molecule has 0 aliphatic heterocycles. The van der Waals surface area contributed by atoms with Crippen molar-refractivity contribution in [2.24, 2.45) is 5.14 Å². The van der Waals surface area contributed by atoms with E-state index in [9.17, 15) is 8.42 Å². The van der Waals surface area contributed by atoms with Gasteiger partial charge in [-0.2, -0.15) is 0 Å². The van der Waals surface area contributed by atoms with Crippen LogP contribution in [0.15, 0.2) is 11.2 Å². The Morgan fingerprint density at radius 2 is 1.94 bits per heavy atom. The van der Waals surface area contributed by atoms with Crippen molar-refractivity contribution in [3.05, 3.63) is 12.0 Å². The van der Waals surface area contributed by atoms with E-state index in [0.717, 1.165) is 38.1 Å². The minimum absolute atomic E-state index is 0.0126. The Hall–Kier alpha value is -0.880. The number of imidazole rings is 1. The number of nitrogens with two attached hydrogens (primary N) is 1. The highest BCUT2D eigenvalue weighted by Crippen LogP contribution is 2.12. The molecule has 0 unspecified atom stereocenters. The van der Waals surface area contributed by atoms with Crippen LogP contribution in [0.5, 0.6) is 0 Å². The van der Waals surface area contributed by atoms with Crippen molar-refractivity contribution in [3.8, 4) is 0 Å². The molecule has 1 rings (SSSR count). The molecular formula is C12H23N3O2S. The molecule has 18 heavy (non-hydrogen) atoms. The number of aryl methyl sites for hydroxylation is 2. The minimum atomic E-state index is -3.69. The van der Waals surface area contributed by atoms with Gasteiger partial charge in [-0.3, -0.25) is 0 Å². The third-order valence-electron chi connectivity index (χ3n) is 2.85. The largest absolute Gasteiger partial charge is 0.333 e. The molecule has 0 bridgehead atoms. The molecule has 0 radical (unpaired) electrons. The van der Waals surface area contributed by atoms with Gasteiger partial charge in [0, 0.05) is 19.2 Å². The standard InChI is InChI=1S/C12H23N3O2S/c1-3-5-6-7-9-15-10-12(18(13,16)17)14-11(15)8-4-2/h10H,3-9H2,1-2H3,(H2,13,16,17). The zero-order valence-electron chi connectivity index (χ0n) is 11.2. The molecule has 0 fully saturated rings. The lowest BCUT2D eigenvalue weighted by atomic mass is 10.2. The first kappa shape index (κ1) is 15.2. The summed E-state index contributed by atoms with van der Waals surface area (Å²) in [7, 11) is -3.69. The van der Waals surface area contributed by atoms with E-state index < -0.39 is 10.0 Å². The van der Waals surface area contributed by atoms with Crippen LogP contribution in [0.25, 0.3) is 0 Å². The molecule has 5 nitrogen and oxygen atoms in total. The number of aromatic nitrogens is 2. The molecule has 104 valence electrons. The predicted octanol–water partition coefficient (Wildman–Crippen LogP) is 2.06. The Bertz CT molecular complexity index is 466. The van der Waals surface area contributed by atoms with E-state index in [1.807, 2.05) is 11.5 Å². The summed E-state index contributed by atoms with van der Waals surface area (Å²) >= 11 is 0. The van der Waals surface area contributed by atoms with Gasteiger partial charge in [-0.1, -0.05) is 33.1 Å². The van der Waals surface area contributed by atoms with Gasteiger partial charge in [-0.05, 0) is 12.8 Å². The zero-order chi connectivity index (χ0) is 13.6. The number of primary sulfonamides is 1. The first-order chi connectivity index (χ1) is 8.49. The highest BCUT2D eigenvalue weighted by molar-refractivity contribution is 7.89. The molecule has 0 saturated carbocycles.